The molecule has 0 atom stereocenters. The van der Waals surface area contributed by atoms with Crippen molar-refractivity contribution in [2.24, 2.45) is 0 Å². The van der Waals surface area contributed by atoms with Crippen LogP contribution in [0.5, 0.6) is 0 Å². The number of rotatable bonds is 3. The van der Waals surface area contributed by atoms with E-state index in [0.29, 0.717) is 17.1 Å². The van der Waals surface area contributed by atoms with Gasteiger partial charge in [0.2, 0.25) is 12.4 Å². The Morgan fingerprint density at radius 2 is 2.31 bits per heavy atom. The van der Waals surface area contributed by atoms with Gasteiger partial charge in [-0.2, -0.15) is 4.98 Å². The Hall–Kier alpha value is -1.24. The molecule has 0 aliphatic heterocycles. The third kappa shape index (κ3) is 2.12. The smallest absolute Gasteiger partial charge is 0.221 e. The molecule has 5 nitrogen and oxygen atoms in total. The normalized spacial score (nSPS) is 9.62. The SMILES string of the molecule is [B]c1nc(N)nc(NC=O)c1SC. The standard InChI is InChI=1S/C6H7BN4OS/c1-13-3-4(7)10-6(8)11-5(3)9-2-12/h2H,1H3,(H3,8,9,10,11,12). The molecule has 0 fully saturated rings. The van der Waals surface area contributed by atoms with E-state index in [1.165, 1.54) is 11.8 Å². The van der Waals surface area contributed by atoms with E-state index in [2.05, 4.69) is 15.3 Å². The lowest BCUT2D eigenvalue weighted by molar-refractivity contribution is -0.105. The number of carbonyl (C=O) groups excluding carboxylic acids is 1. The summed E-state index contributed by atoms with van der Waals surface area (Å²) in [6.07, 6.45) is 2.32. The average Bonchev–Trinajstić information content (AvgIpc) is 2.04. The van der Waals surface area contributed by atoms with Gasteiger partial charge in [0, 0.05) is 5.59 Å². The van der Waals surface area contributed by atoms with Crippen LogP contribution in [0.3, 0.4) is 0 Å². The van der Waals surface area contributed by atoms with Crippen molar-refractivity contribution in [3.8, 4) is 0 Å². The second-order valence-electron chi connectivity index (χ2n) is 2.11. The van der Waals surface area contributed by atoms with E-state index in [1.807, 2.05) is 0 Å². The molecule has 0 saturated heterocycles. The van der Waals surface area contributed by atoms with Gasteiger partial charge < -0.3 is 11.1 Å². The maximum Gasteiger partial charge on any atom is 0.221 e. The number of carbonyl (C=O) groups is 1. The zero-order chi connectivity index (χ0) is 9.84. The predicted molar refractivity (Wildman–Crippen MR) is 53.3 cm³/mol. The summed E-state index contributed by atoms with van der Waals surface area (Å²) in [4.78, 5) is 18.4. The van der Waals surface area contributed by atoms with Gasteiger partial charge in [0.1, 0.15) is 7.85 Å². The molecule has 1 heterocycles. The Morgan fingerprint density at radius 1 is 1.62 bits per heavy atom. The zero-order valence-electron chi connectivity index (χ0n) is 6.94. The number of thioether (sulfide) groups is 1. The highest BCUT2D eigenvalue weighted by Gasteiger charge is 2.07. The molecule has 0 unspecified atom stereocenters. The Balaban J connectivity index is 3.20. The van der Waals surface area contributed by atoms with Gasteiger partial charge >= 0.3 is 0 Å². The van der Waals surface area contributed by atoms with Gasteiger partial charge in [-0.25, -0.2) is 4.98 Å². The number of nitrogens with zero attached hydrogens (tertiary/aromatic N) is 2. The lowest BCUT2D eigenvalue weighted by atomic mass is 10.0. The Bertz CT molecular complexity index is 333. The Labute approximate surface area is 80.9 Å². The van der Waals surface area contributed by atoms with E-state index in [0.717, 1.165) is 0 Å². The van der Waals surface area contributed by atoms with Crippen LogP contribution < -0.4 is 16.6 Å². The molecule has 0 aliphatic carbocycles. The van der Waals surface area contributed by atoms with Gasteiger partial charge in [-0.05, 0) is 6.26 Å². The van der Waals surface area contributed by atoms with Crippen LogP contribution in [0.25, 0.3) is 0 Å². The molecule has 0 spiro atoms. The number of aromatic nitrogens is 2. The Kier molecular flexibility index (Phi) is 3.13. The van der Waals surface area contributed by atoms with E-state index in [9.17, 15) is 4.79 Å². The molecule has 2 radical (unpaired) electrons. The summed E-state index contributed by atoms with van der Waals surface area (Å²) in [5.74, 6) is 0.382. The minimum Gasteiger partial charge on any atom is -0.368 e. The number of nitrogen functional groups attached to an aromatic ring is 1. The molecule has 7 heteroatoms. The van der Waals surface area contributed by atoms with Crippen molar-refractivity contribution in [2.45, 2.75) is 4.90 Å². The summed E-state index contributed by atoms with van der Waals surface area (Å²) < 4.78 is 0. The summed E-state index contributed by atoms with van der Waals surface area (Å²) in [6.45, 7) is 0. The van der Waals surface area contributed by atoms with Crippen LogP contribution in [-0.2, 0) is 4.79 Å². The van der Waals surface area contributed by atoms with Gasteiger partial charge in [-0.3, -0.25) is 4.79 Å². The maximum atomic E-state index is 10.2. The maximum absolute atomic E-state index is 10.2. The zero-order valence-corrected chi connectivity index (χ0v) is 7.76. The predicted octanol–water partition coefficient (Wildman–Crippen LogP) is -0.857. The lowest BCUT2D eigenvalue weighted by Crippen LogP contribution is -2.18. The molecule has 3 N–H and O–H groups in total. The molecule has 0 aliphatic rings. The molecule has 66 valence electrons. The molecule has 1 aromatic heterocycles. The highest BCUT2D eigenvalue weighted by molar-refractivity contribution is 7.99. The molecule has 0 bridgehead atoms. The van der Waals surface area contributed by atoms with Crippen LogP contribution in [-0.4, -0.2) is 30.5 Å². The first-order chi connectivity index (χ1) is 6.19. The highest BCUT2D eigenvalue weighted by Crippen LogP contribution is 2.19. The van der Waals surface area contributed by atoms with Gasteiger partial charge in [-0.1, -0.05) is 0 Å². The van der Waals surface area contributed by atoms with Crippen molar-refractivity contribution in [3.63, 3.8) is 0 Å². The molecular weight excluding hydrogens is 187 g/mol. The molecule has 1 aromatic rings. The van der Waals surface area contributed by atoms with Gasteiger partial charge in [0.15, 0.2) is 5.82 Å². The topological polar surface area (TPSA) is 80.9 Å². The first kappa shape index (κ1) is 9.85. The van der Waals surface area contributed by atoms with E-state index < -0.39 is 0 Å². The summed E-state index contributed by atoms with van der Waals surface area (Å²) >= 11 is 1.34. The first-order valence-electron chi connectivity index (χ1n) is 3.36. The van der Waals surface area contributed by atoms with E-state index in [1.54, 1.807) is 6.26 Å². The molecular formula is C6H7BN4OS. The van der Waals surface area contributed by atoms with Crippen LogP contribution >= 0.6 is 11.8 Å². The molecule has 13 heavy (non-hydrogen) atoms. The molecule has 1 amide bonds. The monoisotopic (exact) mass is 194 g/mol. The third-order valence-electron chi connectivity index (χ3n) is 1.31. The lowest BCUT2D eigenvalue weighted by Gasteiger charge is -2.08. The summed E-state index contributed by atoms with van der Waals surface area (Å²) in [6, 6.07) is 0. The average molecular weight is 194 g/mol. The van der Waals surface area contributed by atoms with Crippen LogP contribution in [0.1, 0.15) is 0 Å². The van der Waals surface area contributed by atoms with Gasteiger partial charge in [0.05, 0.1) is 4.90 Å². The van der Waals surface area contributed by atoms with Crippen molar-refractivity contribution in [3.05, 3.63) is 0 Å². The number of nitrogens with one attached hydrogen (secondary N) is 1. The summed E-state index contributed by atoms with van der Waals surface area (Å²) in [5.41, 5.74) is 5.61. The van der Waals surface area contributed by atoms with Crippen molar-refractivity contribution in [1.82, 2.24) is 9.97 Å². The fourth-order valence-corrected chi connectivity index (χ4v) is 1.39. The molecule has 0 aromatic carbocycles. The van der Waals surface area contributed by atoms with Crippen molar-refractivity contribution < 1.29 is 4.79 Å². The van der Waals surface area contributed by atoms with E-state index in [4.69, 9.17) is 13.6 Å². The number of anilines is 2. The quantitative estimate of drug-likeness (QED) is 0.372. The van der Waals surface area contributed by atoms with Crippen LogP contribution in [0.4, 0.5) is 11.8 Å². The second-order valence-corrected chi connectivity index (χ2v) is 2.93. The fourth-order valence-electron chi connectivity index (χ4n) is 0.841. The first-order valence-corrected chi connectivity index (χ1v) is 4.58. The number of hydrogen-bond donors (Lipinski definition) is 2. The fraction of sp³-hybridized carbons (Fsp3) is 0.167. The Morgan fingerprint density at radius 3 is 2.85 bits per heavy atom. The summed E-state index contributed by atoms with van der Waals surface area (Å²) in [5, 5.41) is 2.40. The van der Waals surface area contributed by atoms with Crippen LogP contribution in [0.15, 0.2) is 4.90 Å². The van der Waals surface area contributed by atoms with E-state index >= 15 is 0 Å². The number of amides is 1. The van der Waals surface area contributed by atoms with E-state index in [-0.39, 0.29) is 11.5 Å². The van der Waals surface area contributed by atoms with Crippen LogP contribution in [0.2, 0.25) is 0 Å². The third-order valence-corrected chi connectivity index (χ3v) is 2.12. The molecule has 0 saturated carbocycles. The number of hydrogen-bond acceptors (Lipinski definition) is 5. The number of nitrogens with two attached hydrogens (primary N) is 1. The minimum absolute atomic E-state index is 0.0413. The van der Waals surface area contributed by atoms with Crippen molar-refractivity contribution in [2.75, 3.05) is 17.3 Å². The van der Waals surface area contributed by atoms with Gasteiger partial charge in [-0.15, -0.1) is 11.8 Å². The van der Waals surface area contributed by atoms with Gasteiger partial charge in [0.25, 0.3) is 0 Å². The molecule has 1 rings (SSSR count). The summed E-state index contributed by atoms with van der Waals surface area (Å²) in [7, 11) is 5.56. The second kappa shape index (κ2) is 4.13. The van der Waals surface area contributed by atoms with Crippen LogP contribution in [0, 0.1) is 0 Å². The largest absolute Gasteiger partial charge is 0.368 e. The minimum atomic E-state index is 0.0413. The van der Waals surface area contributed by atoms with Crippen molar-refractivity contribution in [1.29, 1.82) is 0 Å². The van der Waals surface area contributed by atoms with Crippen molar-refractivity contribution >= 4 is 43.4 Å². The highest BCUT2D eigenvalue weighted by atomic mass is 32.2.